The molecule has 0 aliphatic carbocycles. The number of carbonyl (C=O) groups excluding carboxylic acids is 2. The van der Waals surface area contributed by atoms with Crippen LogP contribution in [-0.4, -0.2) is 88.5 Å². The van der Waals surface area contributed by atoms with Gasteiger partial charge in [0.1, 0.15) is 17.3 Å². The summed E-state index contributed by atoms with van der Waals surface area (Å²) >= 11 is 0. The van der Waals surface area contributed by atoms with Gasteiger partial charge in [-0.2, -0.15) is 26.3 Å². The van der Waals surface area contributed by atoms with E-state index in [0.29, 0.717) is 36.8 Å². The minimum Gasteiger partial charge on any atom is -0.474 e. The molecule has 0 fully saturated rings. The highest BCUT2D eigenvalue weighted by atomic mass is 19.4. The molecular weight excluding hydrogens is 915 g/mol. The number of hydrogen-bond donors (Lipinski definition) is 4. The van der Waals surface area contributed by atoms with Crippen molar-refractivity contribution < 1.29 is 73.9 Å². The van der Waals surface area contributed by atoms with Crippen LogP contribution in [0.1, 0.15) is 130 Å². The molecule has 0 radical (unpaired) electrons. The van der Waals surface area contributed by atoms with Gasteiger partial charge in [-0.25, -0.2) is 19.6 Å². The van der Waals surface area contributed by atoms with Crippen LogP contribution < -0.4 is 20.1 Å². The van der Waals surface area contributed by atoms with Crippen LogP contribution in [0, 0.1) is 13.8 Å². The number of anilines is 2. The predicted molar refractivity (Wildman–Crippen MR) is 230 cm³/mol. The molecule has 18 nitrogen and oxygen atoms in total. The number of hydrogen-bond acceptors (Lipinski definition) is 16. The summed E-state index contributed by atoms with van der Waals surface area (Å²) in [6.07, 6.45) is -8.50. The Bertz CT molecular complexity index is 2450. The summed E-state index contributed by atoms with van der Waals surface area (Å²) in [5.41, 5.74) is -7.25. The molecule has 0 saturated heterocycles. The maximum absolute atomic E-state index is 13.8. The van der Waals surface area contributed by atoms with Crippen LogP contribution in [0.5, 0.6) is 11.8 Å². The third-order valence-electron chi connectivity index (χ3n) is 10.1. The smallest absolute Gasteiger partial charge is 0.426 e. The largest absolute Gasteiger partial charge is 0.474 e. The van der Waals surface area contributed by atoms with E-state index in [0.717, 1.165) is 0 Å². The number of pyridine rings is 2. The summed E-state index contributed by atoms with van der Waals surface area (Å²) in [4.78, 5) is 33.4. The first-order valence-corrected chi connectivity index (χ1v) is 21.7. The second-order valence-electron chi connectivity index (χ2n) is 18.5. The number of aryl methyl sites for hydroxylation is 2. The fourth-order valence-corrected chi connectivity index (χ4v) is 6.66. The summed E-state index contributed by atoms with van der Waals surface area (Å²) in [6, 6.07) is 3.04. The van der Waals surface area contributed by atoms with E-state index in [2.05, 4.69) is 41.0 Å². The Labute approximate surface area is 387 Å². The number of amides is 2. The number of allylic oxidation sites excluding steroid dienone is 1. The Balaban J connectivity index is 0.000000254. The first-order chi connectivity index (χ1) is 31.4. The highest BCUT2D eigenvalue weighted by Gasteiger charge is 2.59. The summed E-state index contributed by atoms with van der Waals surface area (Å²) in [6.45, 7) is 17.1. The standard InChI is InChI=1S/C22H29F3N4O5.C22H27F3N4O5/c2*1-12-11-14(26-19(30)34-20(3,4)5)15-17-28-29-18(33-17)21(31,22(23,24)25)10-8-6-7-9-13(2)32-16(12)27-15/h11,13,31H,6-10H2,1-5H3,(H,26,30);6-7,11,13,31H,8-10H2,1-5H3,(H,26,30)/t2*13-,21-/m11/s1. The van der Waals surface area contributed by atoms with Crippen LogP contribution in [-0.2, 0) is 20.7 Å². The Morgan fingerprint density at radius 2 is 1.10 bits per heavy atom. The highest BCUT2D eigenvalue weighted by molar-refractivity contribution is 5.90. The van der Waals surface area contributed by atoms with Crippen molar-refractivity contribution in [1.29, 1.82) is 0 Å². The van der Waals surface area contributed by atoms with E-state index in [-0.39, 0.29) is 59.6 Å². The van der Waals surface area contributed by atoms with E-state index in [1.165, 1.54) is 18.2 Å². The zero-order valence-electron chi connectivity index (χ0n) is 39.2. The zero-order valence-corrected chi connectivity index (χ0v) is 39.2. The van der Waals surface area contributed by atoms with E-state index in [4.69, 9.17) is 27.8 Å². The van der Waals surface area contributed by atoms with Crippen molar-refractivity contribution in [3.8, 4) is 34.9 Å². The van der Waals surface area contributed by atoms with Crippen molar-refractivity contribution >= 4 is 23.6 Å². The van der Waals surface area contributed by atoms with Crippen LogP contribution in [0.2, 0.25) is 0 Å². The molecule has 8 bridgehead atoms. The van der Waals surface area contributed by atoms with Crippen molar-refractivity contribution in [2.45, 2.75) is 168 Å². The maximum Gasteiger partial charge on any atom is 0.426 e. The molecule has 374 valence electrons. The van der Waals surface area contributed by atoms with Crippen LogP contribution in [0.4, 0.5) is 47.3 Å². The third kappa shape index (κ3) is 13.1. The van der Waals surface area contributed by atoms with Crippen LogP contribution in [0.15, 0.2) is 33.1 Å². The van der Waals surface area contributed by atoms with Crippen molar-refractivity contribution in [1.82, 2.24) is 30.4 Å². The minimum absolute atomic E-state index is 0.0597. The number of nitrogens with zero attached hydrogens (tertiary/aromatic N) is 6. The van der Waals surface area contributed by atoms with E-state index in [1.807, 2.05) is 6.92 Å². The molecule has 4 aromatic heterocycles. The molecule has 24 heteroatoms. The number of fused-ring (bicyclic) bond motifs is 10. The van der Waals surface area contributed by atoms with Gasteiger partial charge in [-0.15, -0.1) is 20.4 Å². The van der Waals surface area contributed by atoms with E-state index in [9.17, 15) is 46.1 Å². The van der Waals surface area contributed by atoms with Crippen molar-refractivity contribution in [2.75, 3.05) is 10.6 Å². The van der Waals surface area contributed by atoms with Crippen LogP contribution in [0.3, 0.4) is 0 Å². The molecule has 6 heterocycles. The lowest BCUT2D eigenvalue weighted by molar-refractivity contribution is -0.277. The maximum atomic E-state index is 13.8. The van der Waals surface area contributed by atoms with Crippen molar-refractivity contribution in [3.05, 3.63) is 47.2 Å². The lowest BCUT2D eigenvalue weighted by Crippen LogP contribution is -2.42. The number of alkyl halides is 6. The van der Waals surface area contributed by atoms with Gasteiger partial charge in [0.15, 0.2) is 11.4 Å². The second-order valence-corrected chi connectivity index (χ2v) is 18.5. The number of halogens is 6. The Morgan fingerprint density at radius 1 is 0.662 bits per heavy atom. The number of carbonyl (C=O) groups is 2. The number of rotatable bonds is 2. The molecule has 6 rings (SSSR count). The normalized spacial score (nSPS) is 21.6. The quantitative estimate of drug-likeness (QED) is 0.108. The Hall–Kier alpha value is -6.04. The van der Waals surface area contributed by atoms with E-state index < -0.39 is 83.3 Å². The molecule has 4 aromatic rings. The number of ether oxygens (including phenoxy) is 4. The summed E-state index contributed by atoms with van der Waals surface area (Å²) in [7, 11) is 0. The molecular formula is C44H56F6N8O10. The molecule has 0 spiro atoms. The van der Waals surface area contributed by atoms with Crippen molar-refractivity contribution in [2.24, 2.45) is 0 Å². The summed E-state index contributed by atoms with van der Waals surface area (Å²) < 4.78 is 116. The van der Waals surface area contributed by atoms with Gasteiger partial charge in [-0.1, -0.05) is 18.6 Å². The van der Waals surface area contributed by atoms with Gasteiger partial charge in [0.2, 0.25) is 23.0 Å². The number of aliphatic hydroxyl groups is 2. The fourth-order valence-electron chi connectivity index (χ4n) is 6.66. The average molecular weight is 971 g/mol. The van der Waals surface area contributed by atoms with Crippen molar-refractivity contribution in [3.63, 3.8) is 0 Å². The molecule has 0 aromatic carbocycles. The molecule has 4 N–H and O–H groups in total. The fraction of sp³-hybridized carbons (Fsp3) is 0.591. The molecule has 4 atom stereocenters. The van der Waals surface area contributed by atoms with Gasteiger partial charge in [0.05, 0.1) is 17.5 Å². The topological polar surface area (TPSA) is 239 Å². The SMILES string of the molecule is Cc1cc(NC(=O)OC(C)(C)C)c2nc1O[C@H](C)CC=CCC[C@](O)(C(F)(F)F)c1nnc-2o1.Cc1cc(NC(=O)OC(C)(C)C)c2nc1O[C@H](C)CCCCC[C@](O)(C(F)(F)F)c1nnc-2o1. The predicted octanol–water partition coefficient (Wildman–Crippen LogP) is 10.3. The molecule has 0 unspecified atom stereocenters. The van der Waals surface area contributed by atoms with Gasteiger partial charge in [0, 0.05) is 17.5 Å². The minimum atomic E-state index is -5.07. The highest BCUT2D eigenvalue weighted by Crippen LogP contribution is 2.45. The van der Waals surface area contributed by atoms with Crippen LogP contribution >= 0.6 is 0 Å². The monoisotopic (exact) mass is 970 g/mol. The van der Waals surface area contributed by atoms with E-state index >= 15 is 0 Å². The third-order valence-corrected chi connectivity index (χ3v) is 10.1. The summed E-state index contributed by atoms with van der Waals surface area (Å²) in [5.74, 6) is -2.49. The average Bonchev–Trinajstić information content (AvgIpc) is 3.89. The second kappa shape index (κ2) is 20.3. The Kier molecular flexibility index (Phi) is 15.8. The first-order valence-electron chi connectivity index (χ1n) is 21.7. The number of nitrogens with one attached hydrogen (secondary N) is 2. The summed E-state index contributed by atoms with van der Waals surface area (Å²) in [5, 5.41) is 40.4. The van der Waals surface area contributed by atoms with Gasteiger partial charge in [0.25, 0.3) is 23.6 Å². The Morgan fingerprint density at radius 3 is 1.54 bits per heavy atom. The van der Waals surface area contributed by atoms with E-state index in [1.54, 1.807) is 68.4 Å². The van der Waals surface area contributed by atoms with Gasteiger partial charge < -0.3 is 38.0 Å². The molecule has 0 saturated carbocycles. The molecule has 68 heavy (non-hydrogen) atoms. The first kappa shape index (κ1) is 52.9. The lowest BCUT2D eigenvalue weighted by Gasteiger charge is -2.27. The number of aromatic nitrogens is 6. The zero-order chi connectivity index (χ0) is 50.6. The molecule has 2 aliphatic heterocycles. The van der Waals surface area contributed by atoms with Gasteiger partial charge in [-0.05, 0) is 120 Å². The molecule has 2 amide bonds. The van der Waals surface area contributed by atoms with Gasteiger partial charge >= 0.3 is 24.5 Å². The lowest BCUT2D eigenvalue weighted by atomic mass is 9.94. The van der Waals surface area contributed by atoms with Gasteiger partial charge in [-0.3, -0.25) is 10.6 Å². The molecule has 2 aliphatic rings. The van der Waals surface area contributed by atoms with Crippen LogP contribution in [0.25, 0.3) is 23.2 Å².